The zero-order valence-corrected chi connectivity index (χ0v) is 11.9. The van der Waals surface area contributed by atoms with Crippen LogP contribution in [0.1, 0.15) is 11.3 Å². The Morgan fingerprint density at radius 2 is 2.16 bits per heavy atom. The number of hydrogen-bond donors (Lipinski definition) is 1. The molecule has 1 aromatic heterocycles. The second kappa shape index (κ2) is 5.93. The van der Waals surface area contributed by atoms with Gasteiger partial charge in [-0.2, -0.15) is 0 Å². The van der Waals surface area contributed by atoms with Crippen LogP contribution in [-0.2, 0) is 11.2 Å². The van der Waals surface area contributed by atoms with Crippen LogP contribution in [0.3, 0.4) is 0 Å². The lowest BCUT2D eigenvalue weighted by Crippen LogP contribution is -2.15. The van der Waals surface area contributed by atoms with E-state index in [1.165, 1.54) is 12.1 Å². The Balaban J connectivity index is 2.03. The van der Waals surface area contributed by atoms with E-state index in [0.717, 1.165) is 11.3 Å². The summed E-state index contributed by atoms with van der Waals surface area (Å²) in [5, 5.41) is 2.54. The lowest BCUT2D eigenvalue weighted by atomic mass is 10.2. The van der Waals surface area contributed by atoms with Crippen LogP contribution >= 0.6 is 15.9 Å². The number of pyridine rings is 1. The highest BCUT2D eigenvalue weighted by molar-refractivity contribution is 9.10. The first-order chi connectivity index (χ1) is 9.04. The highest BCUT2D eigenvalue weighted by Gasteiger charge is 2.08. The number of nitrogens with zero attached hydrogens (tertiary/aromatic N) is 1. The van der Waals surface area contributed by atoms with Crippen molar-refractivity contribution in [1.82, 2.24) is 4.98 Å². The van der Waals surface area contributed by atoms with Crippen molar-refractivity contribution >= 4 is 27.5 Å². The van der Waals surface area contributed by atoms with E-state index < -0.39 is 5.82 Å². The fourth-order valence-corrected chi connectivity index (χ4v) is 1.91. The average Bonchev–Trinajstić information content (AvgIpc) is 2.36. The number of halogens is 2. The average molecular weight is 323 g/mol. The van der Waals surface area contributed by atoms with E-state index in [-0.39, 0.29) is 18.0 Å². The van der Waals surface area contributed by atoms with Gasteiger partial charge in [-0.15, -0.1) is 0 Å². The van der Waals surface area contributed by atoms with Crippen LogP contribution in [0.4, 0.5) is 10.1 Å². The number of benzene rings is 1. The number of nitrogens with one attached hydrogen (secondary N) is 1. The maximum Gasteiger partial charge on any atom is 0.228 e. The molecular weight excluding hydrogens is 311 g/mol. The predicted octanol–water partition coefficient (Wildman–Crippen LogP) is 3.47. The van der Waals surface area contributed by atoms with E-state index in [1.807, 2.05) is 19.1 Å². The second-order valence-electron chi connectivity index (χ2n) is 4.16. The molecule has 0 bridgehead atoms. The lowest BCUT2D eigenvalue weighted by molar-refractivity contribution is -0.115. The number of aryl methyl sites for hydroxylation is 1. The summed E-state index contributed by atoms with van der Waals surface area (Å²) in [6.45, 7) is 1.88. The summed E-state index contributed by atoms with van der Waals surface area (Å²) in [5.74, 6) is -0.739. The van der Waals surface area contributed by atoms with Gasteiger partial charge in [0.05, 0.1) is 12.1 Å². The maximum absolute atomic E-state index is 13.5. The molecule has 2 rings (SSSR count). The SMILES string of the molecule is Cc1ccc(CC(=O)Nc2ccc(Br)cc2F)cn1. The fourth-order valence-electron chi connectivity index (χ4n) is 1.57. The van der Waals surface area contributed by atoms with Crippen LogP contribution in [0, 0.1) is 12.7 Å². The van der Waals surface area contributed by atoms with Gasteiger partial charge in [0.25, 0.3) is 0 Å². The molecular formula is C14H12BrFN2O. The monoisotopic (exact) mass is 322 g/mol. The first kappa shape index (κ1) is 13.7. The van der Waals surface area contributed by atoms with Crippen molar-refractivity contribution in [3.8, 4) is 0 Å². The molecule has 0 aliphatic heterocycles. The smallest absolute Gasteiger partial charge is 0.228 e. The minimum atomic E-state index is -0.468. The summed E-state index contributed by atoms with van der Waals surface area (Å²) in [7, 11) is 0. The summed E-state index contributed by atoms with van der Waals surface area (Å²) in [5.41, 5.74) is 1.86. The lowest BCUT2D eigenvalue weighted by Gasteiger charge is -2.06. The third kappa shape index (κ3) is 3.86. The molecule has 0 unspecified atom stereocenters. The number of amides is 1. The Morgan fingerprint density at radius 3 is 2.79 bits per heavy atom. The van der Waals surface area contributed by atoms with Crippen LogP contribution < -0.4 is 5.32 Å². The Hall–Kier alpha value is -1.75. The Labute approximate surface area is 119 Å². The van der Waals surface area contributed by atoms with Crippen molar-refractivity contribution in [3.63, 3.8) is 0 Å². The number of anilines is 1. The Bertz CT molecular complexity index is 599. The Kier molecular flexibility index (Phi) is 4.27. The standard InChI is InChI=1S/C14H12BrFN2O/c1-9-2-3-10(8-17-9)6-14(19)18-13-5-4-11(15)7-12(13)16/h2-5,7-8H,6H2,1H3,(H,18,19). The maximum atomic E-state index is 13.5. The number of aromatic nitrogens is 1. The molecule has 1 aromatic carbocycles. The van der Waals surface area contributed by atoms with Crippen molar-refractivity contribution in [2.75, 3.05) is 5.32 Å². The summed E-state index contributed by atoms with van der Waals surface area (Å²) in [6.07, 6.45) is 1.82. The third-order valence-electron chi connectivity index (χ3n) is 2.54. The van der Waals surface area contributed by atoms with Gasteiger partial charge in [-0.25, -0.2) is 4.39 Å². The fraction of sp³-hybridized carbons (Fsp3) is 0.143. The Morgan fingerprint density at radius 1 is 1.37 bits per heavy atom. The van der Waals surface area contributed by atoms with Gasteiger partial charge in [0.1, 0.15) is 5.82 Å². The normalized spacial score (nSPS) is 10.3. The van der Waals surface area contributed by atoms with E-state index in [2.05, 4.69) is 26.2 Å². The molecule has 1 N–H and O–H groups in total. The zero-order chi connectivity index (χ0) is 13.8. The summed E-state index contributed by atoms with van der Waals surface area (Å²) < 4.78 is 14.2. The highest BCUT2D eigenvalue weighted by Crippen LogP contribution is 2.19. The minimum absolute atomic E-state index is 0.169. The molecule has 98 valence electrons. The van der Waals surface area contributed by atoms with Crippen molar-refractivity contribution in [3.05, 3.63) is 58.1 Å². The van der Waals surface area contributed by atoms with Gasteiger partial charge in [-0.1, -0.05) is 22.0 Å². The topological polar surface area (TPSA) is 42.0 Å². The van der Waals surface area contributed by atoms with Crippen molar-refractivity contribution < 1.29 is 9.18 Å². The third-order valence-corrected chi connectivity index (χ3v) is 3.04. The zero-order valence-electron chi connectivity index (χ0n) is 10.3. The van der Waals surface area contributed by atoms with E-state index in [0.29, 0.717) is 4.47 Å². The van der Waals surface area contributed by atoms with Gasteiger partial charge in [0, 0.05) is 16.4 Å². The molecule has 3 nitrogen and oxygen atoms in total. The first-order valence-electron chi connectivity index (χ1n) is 5.71. The van der Waals surface area contributed by atoms with Gasteiger partial charge >= 0.3 is 0 Å². The minimum Gasteiger partial charge on any atom is -0.323 e. The molecule has 0 saturated carbocycles. The largest absolute Gasteiger partial charge is 0.323 e. The van der Waals surface area contributed by atoms with E-state index in [1.54, 1.807) is 12.3 Å². The van der Waals surface area contributed by atoms with Crippen LogP contribution in [0.2, 0.25) is 0 Å². The molecule has 2 aromatic rings. The van der Waals surface area contributed by atoms with E-state index in [4.69, 9.17) is 0 Å². The molecule has 0 fully saturated rings. The molecule has 0 aliphatic carbocycles. The van der Waals surface area contributed by atoms with Crippen LogP contribution in [0.25, 0.3) is 0 Å². The van der Waals surface area contributed by atoms with Gasteiger partial charge in [0.2, 0.25) is 5.91 Å². The molecule has 0 atom stereocenters. The van der Waals surface area contributed by atoms with Gasteiger partial charge in [-0.05, 0) is 36.8 Å². The first-order valence-corrected chi connectivity index (χ1v) is 6.50. The molecule has 19 heavy (non-hydrogen) atoms. The number of rotatable bonds is 3. The van der Waals surface area contributed by atoms with Crippen LogP contribution in [-0.4, -0.2) is 10.9 Å². The van der Waals surface area contributed by atoms with Gasteiger partial charge in [-0.3, -0.25) is 9.78 Å². The summed E-state index contributed by atoms with van der Waals surface area (Å²) >= 11 is 3.16. The molecule has 5 heteroatoms. The molecule has 1 heterocycles. The molecule has 0 aliphatic rings. The number of carbonyl (C=O) groups excluding carboxylic acids is 1. The quantitative estimate of drug-likeness (QED) is 0.940. The van der Waals surface area contributed by atoms with Gasteiger partial charge in [0.15, 0.2) is 0 Å². The second-order valence-corrected chi connectivity index (χ2v) is 5.07. The number of hydrogen-bond acceptors (Lipinski definition) is 2. The van der Waals surface area contributed by atoms with Crippen LogP contribution in [0.15, 0.2) is 41.0 Å². The molecule has 1 amide bonds. The molecule has 0 saturated heterocycles. The van der Waals surface area contributed by atoms with Gasteiger partial charge < -0.3 is 5.32 Å². The summed E-state index contributed by atoms with van der Waals surface area (Å²) in [4.78, 5) is 15.9. The highest BCUT2D eigenvalue weighted by atomic mass is 79.9. The summed E-state index contributed by atoms with van der Waals surface area (Å²) in [6, 6.07) is 8.17. The predicted molar refractivity (Wildman–Crippen MR) is 75.4 cm³/mol. The van der Waals surface area contributed by atoms with E-state index in [9.17, 15) is 9.18 Å². The van der Waals surface area contributed by atoms with Crippen molar-refractivity contribution in [2.45, 2.75) is 13.3 Å². The van der Waals surface area contributed by atoms with Crippen molar-refractivity contribution in [1.29, 1.82) is 0 Å². The van der Waals surface area contributed by atoms with Crippen LogP contribution in [0.5, 0.6) is 0 Å². The molecule has 0 spiro atoms. The number of carbonyl (C=O) groups is 1. The van der Waals surface area contributed by atoms with E-state index >= 15 is 0 Å². The van der Waals surface area contributed by atoms with Crippen molar-refractivity contribution in [2.24, 2.45) is 0 Å². The molecule has 0 radical (unpaired) electrons.